The quantitative estimate of drug-likeness (QED) is 0.811. The van der Waals surface area contributed by atoms with Crippen LogP contribution in [0.3, 0.4) is 0 Å². The molecule has 2 atom stereocenters. The van der Waals surface area contributed by atoms with Gasteiger partial charge in [-0.2, -0.15) is 0 Å². The molecule has 0 spiro atoms. The van der Waals surface area contributed by atoms with Gasteiger partial charge in [0, 0.05) is 11.4 Å². The van der Waals surface area contributed by atoms with Gasteiger partial charge in [0.25, 0.3) is 0 Å². The Hall–Kier alpha value is -1.03. The van der Waals surface area contributed by atoms with Gasteiger partial charge in [-0.05, 0) is 37.1 Å². The van der Waals surface area contributed by atoms with Gasteiger partial charge in [-0.3, -0.25) is 4.99 Å². The molecule has 1 aromatic rings. The van der Waals surface area contributed by atoms with E-state index >= 15 is 0 Å². The lowest BCUT2D eigenvalue weighted by molar-refractivity contribution is 0.537. The molecular formula is C12H15FN2S. The molecule has 0 amide bonds. The summed E-state index contributed by atoms with van der Waals surface area (Å²) in [5.74, 6) is 1.48. The Morgan fingerprint density at radius 2 is 2.00 bits per heavy atom. The second kappa shape index (κ2) is 4.87. The molecule has 1 aromatic carbocycles. The number of aliphatic imine (C=N–C) groups is 1. The summed E-state index contributed by atoms with van der Waals surface area (Å²) in [7, 11) is 0. The van der Waals surface area contributed by atoms with E-state index in [1.54, 1.807) is 23.9 Å². The zero-order valence-electron chi connectivity index (χ0n) is 9.40. The van der Waals surface area contributed by atoms with E-state index in [4.69, 9.17) is 0 Å². The highest BCUT2D eigenvalue weighted by molar-refractivity contribution is 8.14. The Kier molecular flexibility index (Phi) is 3.49. The molecule has 1 heterocycles. The standard InChI is InChI=1S/C12H15FN2S/c1-8-7-16-12(14-9(8)2)15-11-5-3-10(13)4-6-11/h3-6,8-9H,7H2,1-2H3,(H,14,15). The topological polar surface area (TPSA) is 24.4 Å². The van der Waals surface area contributed by atoms with Gasteiger partial charge < -0.3 is 5.32 Å². The summed E-state index contributed by atoms with van der Waals surface area (Å²) >= 11 is 1.72. The number of hydrogen-bond acceptors (Lipinski definition) is 3. The smallest absolute Gasteiger partial charge is 0.161 e. The van der Waals surface area contributed by atoms with Crippen LogP contribution in [0.5, 0.6) is 0 Å². The van der Waals surface area contributed by atoms with Crippen molar-refractivity contribution in [2.24, 2.45) is 10.9 Å². The van der Waals surface area contributed by atoms with Crippen LogP contribution in [0.2, 0.25) is 0 Å². The predicted octanol–water partition coefficient (Wildman–Crippen LogP) is 3.37. The molecule has 2 rings (SSSR count). The molecule has 0 radical (unpaired) electrons. The molecule has 0 saturated heterocycles. The number of amidine groups is 1. The maximum atomic E-state index is 12.7. The van der Waals surface area contributed by atoms with Gasteiger partial charge in [-0.25, -0.2) is 4.39 Å². The van der Waals surface area contributed by atoms with Crippen molar-refractivity contribution in [1.29, 1.82) is 0 Å². The highest BCUT2D eigenvalue weighted by Gasteiger charge is 2.18. The number of benzene rings is 1. The van der Waals surface area contributed by atoms with E-state index in [2.05, 4.69) is 24.2 Å². The van der Waals surface area contributed by atoms with Crippen LogP contribution in [0.1, 0.15) is 13.8 Å². The van der Waals surface area contributed by atoms with Crippen molar-refractivity contribution in [2.45, 2.75) is 19.9 Å². The van der Waals surface area contributed by atoms with Crippen molar-refractivity contribution in [1.82, 2.24) is 0 Å². The molecule has 2 nitrogen and oxygen atoms in total. The molecular weight excluding hydrogens is 223 g/mol. The molecule has 16 heavy (non-hydrogen) atoms. The fourth-order valence-corrected chi connectivity index (χ4v) is 2.55. The molecule has 0 saturated carbocycles. The molecule has 2 unspecified atom stereocenters. The second-order valence-electron chi connectivity index (χ2n) is 4.10. The van der Waals surface area contributed by atoms with E-state index < -0.39 is 0 Å². The highest BCUT2D eigenvalue weighted by atomic mass is 32.2. The zero-order valence-corrected chi connectivity index (χ0v) is 10.2. The van der Waals surface area contributed by atoms with Crippen molar-refractivity contribution in [3.8, 4) is 0 Å². The first-order chi connectivity index (χ1) is 7.65. The molecule has 1 N–H and O–H groups in total. The number of anilines is 1. The normalized spacial score (nSPS) is 25.1. The Bertz CT molecular complexity index is 389. The Balaban J connectivity index is 2.05. The Morgan fingerprint density at radius 3 is 2.62 bits per heavy atom. The lowest BCUT2D eigenvalue weighted by Crippen LogP contribution is -2.25. The first kappa shape index (κ1) is 11.5. The van der Waals surface area contributed by atoms with Gasteiger partial charge in [-0.15, -0.1) is 0 Å². The maximum Gasteiger partial charge on any atom is 0.161 e. The van der Waals surface area contributed by atoms with Gasteiger partial charge >= 0.3 is 0 Å². The fourth-order valence-electron chi connectivity index (χ4n) is 1.42. The lowest BCUT2D eigenvalue weighted by atomic mass is 10.1. The van der Waals surface area contributed by atoms with Crippen LogP contribution >= 0.6 is 11.8 Å². The van der Waals surface area contributed by atoms with Crippen LogP contribution in [0.25, 0.3) is 0 Å². The summed E-state index contributed by atoms with van der Waals surface area (Å²) in [6, 6.07) is 6.69. The van der Waals surface area contributed by atoms with Gasteiger partial charge in [0.15, 0.2) is 5.17 Å². The third kappa shape index (κ3) is 2.76. The van der Waals surface area contributed by atoms with Crippen molar-refractivity contribution in [3.05, 3.63) is 30.1 Å². The van der Waals surface area contributed by atoms with E-state index in [9.17, 15) is 4.39 Å². The Morgan fingerprint density at radius 1 is 1.31 bits per heavy atom. The molecule has 0 aliphatic carbocycles. The van der Waals surface area contributed by atoms with Crippen LogP contribution in [-0.4, -0.2) is 17.0 Å². The minimum absolute atomic E-state index is 0.217. The Labute approximate surface area is 99.3 Å². The summed E-state index contributed by atoms with van der Waals surface area (Å²) in [5, 5.41) is 4.13. The monoisotopic (exact) mass is 238 g/mol. The average molecular weight is 238 g/mol. The van der Waals surface area contributed by atoms with Gasteiger partial charge in [-0.1, -0.05) is 18.7 Å². The number of nitrogens with zero attached hydrogens (tertiary/aromatic N) is 1. The third-order valence-corrected chi connectivity index (χ3v) is 3.90. The summed E-state index contributed by atoms with van der Waals surface area (Å²) in [4.78, 5) is 4.56. The van der Waals surface area contributed by atoms with Gasteiger partial charge in [0.2, 0.25) is 0 Å². The minimum atomic E-state index is -0.217. The highest BCUT2D eigenvalue weighted by Crippen LogP contribution is 2.23. The van der Waals surface area contributed by atoms with Crippen LogP contribution < -0.4 is 5.32 Å². The van der Waals surface area contributed by atoms with Crippen molar-refractivity contribution in [2.75, 3.05) is 11.1 Å². The van der Waals surface area contributed by atoms with Crippen molar-refractivity contribution < 1.29 is 4.39 Å². The first-order valence-corrected chi connectivity index (χ1v) is 6.37. The second-order valence-corrected chi connectivity index (χ2v) is 5.10. The lowest BCUT2D eigenvalue weighted by Gasteiger charge is -2.23. The SMILES string of the molecule is CC1CSC(Nc2ccc(F)cc2)=NC1C. The number of thioether (sulfide) groups is 1. The summed E-state index contributed by atoms with van der Waals surface area (Å²) in [6.07, 6.45) is 0. The molecule has 1 aliphatic heterocycles. The van der Waals surface area contributed by atoms with Crippen molar-refractivity contribution >= 4 is 22.6 Å². The molecule has 4 heteroatoms. The first-order valence-electron chi connectivity index (χ1n) is 5.38. The minimum Gasteiger partial charge on any atom is -0.335 e. The van der Waals surface area contributed by atoms with Gasteiger partial charge in [0.1, 0.15) is 5.82 Å². The largest absolute Gasteiger partial charge is 0.335 e. The molecule has 0 bridgehead atoms. The molecule has 0 fully saturated rings. The number of hydrogen-bond donors (Lipinski definition) is 1. The van der Waals surface area contributed by atoms with E-state index in [-0.39, 0.29) is 5.82 Å². The van der Waals surface area contributed by atoms with Crippen molar-refractivity contribution in [3.63, 3.8) is 0 Å². The van der Waals surface area contributed by atoms with Crippen LogP contribution in [0, 0.1) is 11.7 Å². The van der Waals surface area contributed by atoms with Crippen LogP contribution in [0.15, 0.2) is 29.3 Å². The summed E-state index contributed by atoms with van der Waals surface area (Å²) < 4.78 is 12.7. The maximum absolute atomic E-state index is 12.7. The average Bonchev–Trinajstić information content (AvgIpc) is 2.27. The summed E-state index contributed by atoms with van der Waals surface area (Å²) in [5.41, 5.74) is 0.884. The van der Waals surface area contributed by atoms with E-state index in [1.807, 2.05) is 0 Å². The van der Waals surface area contributed by atoms with E-state index in [0.717, 1.165) is 16.6 Å². The zero-order chi connectivity index (χ0) is 11.5. The van der Waals surface area contributed by atoms with E-state index in [1.165, 1.54) is 12.1 Å². The van der Waals surface area contributed by atoms with Gasteiger partial charge in [0.05, 0.1) is 6.04 Å². The molecule has 1 aliphatic rings. The number of nitrogens with one attached hydrogen (secondary N) is 1. The van der Waals surface area contributed by atoms with E-state index in [0.29, 0.717) is 12.0 Å². The van der Waals surface area contributed by atoms with Crippen LogP contribution in [0.4, 0.5) is 10.1 Å². The fraction of sp³-hybridized carbons (Fsp3) is 0.417. The molecule has 0 aromatic heterocycles. The number of rotatable bonds is 1. The number of halogens is 1. The van der Waals surface area contributed by atoms with Crippen LogP contribution in [-0.2, 0) is 0 Å². The third-order valence-electron chi connectivity index (χ3n) is 2.72. The predicted molar refractivity (Wildman–Crippen MR) is 68.5 cm³/mol. The summed E-state index contributed by atoms with van der Waals surface area (Å²) in [6.45, 7) is 4.33. The molecule has 86 valence electrons.